The van der Waals surface area contributed by atoms with E-state index in [2.05, 4.69) is 26.0 Å². The molecule has 0 unspecified atom stereocenters. The second kappa shape index (κ2) is 5.73. The molecule has 0 aliphatic carbocycles. The maximum atomic E-state index is 8.35. The molecule has 0 aromatic heterocycles. The van der Waals surface area contributed by atoms with Crippen LogP contribution < -0.4 is 0 Å². The highest BCUT2D eigenvalue weighted by molar-refractivity contribution is 5.17. The van der Waals surface area contributed by atoms with Gasteiger partial charge in [0.05, 0.1) is 12.5 Å². The Morgan fingerprint density at radius 2 is 1.82 bits per heavy atom. The second-order valence-corrected chi connectivity index (χ2v) is 2.71. The molecular formula is C10H15N. The van der Waals surface area contributed by atoms with Crippen molar-refractivity contribution in [2.45, 2.75) is 33.6 Å². The number of nitriles is 1. The molecule has 11 heavy (non-hydrogen) atoms. The summed E-state index contributed by atoms with van der Waals surface area (Å²) in [6, 6.07) is 2.11. The minimum Gasteiger partial charge on any atom is -0.198 e. The van der Waals surface area contributed by atoms with Gasteiger partial charge in [0.2, 0.25) is 0 Å². The van der Waals surface area contributed by atoms with Crippen molar-refractivity contribution in [1.29, 1.82) is 5.26 Å². The lowest BCUT2D eigenvalue weighted by Gasteiger charge is -1.91. The van der Waals surface area contributed by atoms with E-state index in [4.69, 9.17) is 5.26 Å². The third-order valence-corrected chi connectivity index (χ3v) is 1.57. The molecule has 0 heterocycles. The third-order valence-electron chi connectivity index (χ3n) is 1.57. The van der Waals surface area contributed by atoms with Crippen molar-refractivity contribution in [2.24, 2.45) is 0 Å². The summed E-state index contributed by atoms with van der Waals surface area (Å²) in [6.07, 6.45) is 5.71. The first-order valence-electron chi connectivity index (χ1n) is 3.90. The van der Waals surface area contributed by atoms with Gasteiger partial charge in [0.15, 0.2) is 0 Å². The fourth-order valence-electron chi connectivity index (χ4n) is 0.586. The molecule has 0 saturated heterocycles. The molecule has 0 aliphatic rings. The highest BCUT2D eigenvalue weighted by Crippen LogP contribution is 2.02. The summed E-state index contributed by atoms with van der Waals surface area (Å²) < 4.78 is 0. The van der Waals surface area contributed by atoms with Gasteiger partial charge in [-0.15, -0.1) is 0 Å². The number of rotatable bonds is 3. The smallest absolute Gasteiger partial charge is 0.0666 e. The molecule has 0 atom stereocenters. The van der Waals surface area contributed by atoms with Crippen molar-refractivity contribution in [1.82, 2.24) is 0 Å². The Kier molecular flexibility index (Phi) is 5.20. The fourth-order valence-corrected chi connectivity index (χ4v) is 0.586. The molecule has 0 aromatic rings. The zero-order valence-corrected chi connectivity index (χ0v) is 7.52. The van der Waals surface area contributed by atoms with Gasteiger partial charge in [-0.2, -0.15) is 5.26 Å². The molecule has 0 fully saturated rings. The average Bonchev–Trinajstić information content (AvgIpc) is 2.01. The quantitative estimate of drug-likeness (QED) is 0.565. The normalized spacial score (nSPS) is 12.9. The van der Waals surface area contributed by atoms with Crippen LogP contribution in [0, 0.1) is 11.3 Å². The Bertz CT molecular complexity index is 203. The van der Waals surface area contributed by atoms with Crippen molar-refractivity contribution in [3.63, 3.8) is 0 Å². The molecule has 60 valence electrons. The highest BCUT2D eigenvalue weighted by Gasteiger charge is 1.84. The van der Waals surface area contributed by atoms with Crippen molar-refractivity contribution in [3.05, 3.63) is 23.3 Å². The largest absolute Gasteiger partial charge is 0.198 e. The van der Waals surface area contributed by atoms with Crippen LogP contribution >= 0.6 is 0 Å². The van der Waals surface area contributed by atoms with Crippen LogP contribution in [0.3, 0.4) is 0 Å². The van der Waals surface area contributed by atoms with Gasteiger partial charge in [0.1, 0.15) is 0 Å². The predicted molar refractivity (Wildman–Crippen MR) is 48.0 cm³/mol. The van der Waals surface area contributed by atoms with Gasteiger partial charge < -0.3 is 0 Å². The van der Waals surface area contributed by atoms with Crippen molar-refractivity contribution >= 4 is 0 Å². The Morgan fingerprint density at radius 1 is 1.27 bits per heavy atom. The molecule has 0 radical (unpaired) electrons. The standard InChI is InChI=1S/C10H15N/c1-4-9(2)5-6-10(3)7-8-11/h5-6H,4,7H2,1-3H3/b9-5+,10-6+. The van der Waals surface area contributed by atoms with Crippen LogP contribution in [0.2, 0.25) is 0 Å². The van der Waals surface area contributed by atoms with E-state index in [1.54, 1.807) is 0 Å². The van der Waals surface area contributed by atoms with Crippen LogP contribution in [-0.4, -0.2) is 0 Å². The molecule has 1 nitrogen and oxygen atoms in total. The highest BCUT2D eigenvalue weighted by atomic mass is 14.2. The van der Waals surface area contributed by atoms with E-state index in [1.165, 1.54) is 5.57 Å². The number of nitrogens with zero attached hydrogens (tertiary/aromatic N) is 1. The van der Waals surface area contributed by atoms with E-state index in [0.29, 0.717) is 6.42 Å². The van der Waals surface area contributed by atoms with Crippen molar-refractivity contribution in [2.75, 3.05) is 0 Å². The summed E-state index contributed by atoms with van der Waals surface area (Å²) in [6.45, 7) is 6.19. The first-order valence-corrected chi connectivity index (χ1v) is 3.90. The zero-order valence-electron chi connectivity index (χ0n) is 7.52. The lowest BCUT2D eigenvalue weighted by molar-refractivity contribution is 1.10. The Hall–Kier alpha value is -1.03. The summed E-state index contributed by atoms with van der Waals surface area (Å²) in [4.78, 5) is 0. The van der Waals surface area contributed by atoms with E-state index in [1.807, 2.05) is 13.0 Å². The second-order valence-electron chi connectivity index (χ2n) is 2.71. The van der Waals surface area contributed by atoms with Gasteiger partial charge in [-0.3, -0.25) is 0 Å². The van der Waals surface area contributed by atoms with Gasteiger partial charge in [0.25, 0.3) is 0 Å². The first-order chi connectivity index (χ1) is 5.20. The fraction of sp³-hybridized carbons (Fsp3) is 0.500. The van der Waals surface area contributed by atoms with Gasteiger partial charge in [-0.1, -0.05) is 30.2 Å². The van der Waals surface area contributed by atoms with Crippen LogP contribution in [0.5, 0.6) is 0 Å². The molecule has 0 saturated carbocycles. The van der Waals surface area contributed by atoms with E-state index in [-0.39, 0.29) is 0 Å². The maximum absolute atomic E-state index is 8.35. The molecule has 0 bridgehead atoms. The summed E-state index contributed by atoms with van der Waals surface area (Å²) in [5, 5.41) is 8.35. The summed E-state index contributed by atoms with van der Waals surface area (Å²) in [5.41, 5.74) is 2.47. The van der Waals surface area contributed by atoms with E-state index < -0.39 is 0 Å². The maximum Gasteiger partial charge on any atom is 0.0666 e. The average molecular weight is 149 g/mol. The van der Waals surface area contributed by atoms with E-state index >= 15 is 0 Å². The Balaban J connectivity index is 4.02. The molecule has 0 rings (SSSR count). The van der Waals surface area contributed by atoms with Crippen LogP contribution in [0.25, 0.3) is 0 Å². The zero-order chi connectivity index (χ0) is 8.69. The minimum absolute atomic E-state index is 0.535. The SMILES string of the molecule is CC/C(C)=C/C=C(\C)CC#N. The van der Waals surface area contributed by atoms with Crippen LogP contribution in [0.1, 0.15) is 33.6 Å². The van der Waals surface area contributed by atoms with Crippen LogP contribution in [-0.2, 0) is 0 Å². The third kappa shape index (κ3) is 5.42. The van der Waals surface area contributed by atoms with Crippen LogP contribution in [0.4, 0.5) is 0 Å². The molecule has 0 aromatic carbocycles. The molecule has 1 heteroatoms. The number of hydrogen-bond donors (Lipinski definition) is 0. The molecule has 0 spiro atoms. The molecule has 0 N–H and O–H groups in total. The molecule has 0 aliphatic heterocycles. The lowest BCUT2D eigenvalue weighted by Crippen LogP contribution is -1.73. The van der Waals surface area contributed by atoms with Gasteiger partial charge >= 0.3 is 0 Å². The first kappa shape index (κ1) is 9.97. The van der Waals surface area contributed by atoms with Crippen molar-refractivity contribution < 1.29 is 0 Å². The topological polar surface area (TPSA) is 23.8 Å². The minimum atomic E-state index is 0.535. The summed E-state index contributed by atoms with van der Waals surface area (Å²) in [7, 11) is 0. The van der Waals surface area contributed by atoms with Gasteiger partial charge in [-0.05, 0) is 20.3 Å². The Labute approximate surface area is 69.0 Å². The van der Waals surface area contributed by atoms with Gasteiger partial charge in [0, 0.05) is 0 Å². The monoisotopic (exact) mass is 149 g/mol. The number of allylic oxidation sites excluding steroid dienone is 4. The molecule has 0 amide bonds. The molecular weight excluding hydrogens is 134 g/mol. The van der Waals surface area contributed by atoms with E-state index in [0.717, 1.165) is 12.0 Å². The Morgan fingerprint density at radius 3 is 2.27 bits per heavy atom. The van der Waals surface area contributed by atoms with E-state index in [9.17, 15) is 0 Å². The lowest BCUT2D eigenvalue weighted by atomic mass is 10.1. The number of hydrogen-bond acceptors (Lipinski definition) is 1. The van der Waals surface area contributed by atoms with Crippen LogP contribution in [0.15, 0.2) is 23.3 Å². The summed E-state index contributed by atoms with van der Waals surface area (Å²) in [5.74, 6) is 0. The predicted octanol–water partition coefficient (Wildman–Crippen LogP) is 3.20. The van der Waals surface area contributed by atoms with Gasteiger partial charge in [-0.25, -0.2) is 0 Å². The van der Waals surface area contributed by atoms with Crippen molar-refractivity contribution in [3.8, 4) is 6.07 Å². The summed E-state index contributed by atoms with van der Waals surface area (Å²) >= 11 is 0.